The van der Waals surface area contributed by atoms with Crippen LogP contribution in [0.2, 0.25) is 0 Å². The quantitative estimate of drug-likeness (QED) is 0.852. The predicted octanol–water partition coefficient (Wildman–Crippen LogP) is 3.14. The van der Waals surface area contributed by atoms with Crippen LogP contribution < -0.4 is 5.32 Å². The Kier molecular flexibility index (Phi) is 3.15. The Hall–Kier alpha value is -1.90. The number of aryl methyl sites for hydroxylation is 1. The highest BCUT2D eigenvalue weighted by atomic mass is 19.1. The Balaban J connectivity index is 1.99. The van der Waals surface area contributed by atoms with Gasteiger partial charge in [0.1, 0.15) is 5.82 Å². The third-order valence-electron chi connectivity index (χ3n) is 2.28. The second-order valence-electron chi connectivity index (χ2n) is 3.73. The molecule has 0 aliphatic carbocycles. The standard InChI is InChI=1S/C13H13FN2/c1-10-6-13(9-15-7-10)16-8-11-2-4-12(14)5-3-11/h2-7,9,16H,8H2,1H3. The molecule has 1 N–H and O–H groups in total. The Morgan fingerprint density at radius 2 is 1.94 bits per heavy atom. The number of nitrogens with zero attached hydrogens (tertiary/aromatic N) is 1. The fourth-order valence-corrected chi connectivity index (χ4v) is 1.46. The van der Waals surface area contributed by atoms with E-state index in [-0.39, 0.29) is 5.82 Å². The molecule has 0 aliphatic rings. The first-order valence-corrected chi connectivity index (χ1v) is 5.14. The van der Waals surface area contributed by atoms with Gasteiger partial charge in [0.25, 0.3) is 0 Å². The number of halogens is 1. The molecule has 0 spiro atoms. The maximum Gasteiger partial charge on any atom is 0.123 e. The van der Waals surface area contributed by atoms with Crippen LogP contribution in [0.1, 0.15) is 11.1 Å². The zero-order chi connectivity index (χ0) is 11.4. The van der Waals surface area contributed by atoms with Gasteiger partial charge in [0.05, 0.1) is 5.69 Å². The number of nitrogens with one attached hydrogen (secondary N) is 1. The summed E-state index contributed by atoms with van der Waals surface area (Å²) in [5, 5.41) is 3.24. The molecule has 1 aromatic heterocycles. The van der Waals surface area contributed by atoms with Gasteiger partial charge in [0.15, 0.2) is 0 Å². The molecule has 0 amide bonds. The van der Waals surface area contributed by atoms with Crippen molar-refractivity contribution in [3.63, 3.8) is 0 Å². The summed E-state index contributed by atoms with van der Waals surface area (Å²) < 4.78 is 12.7. The van der Waals surface area contributed by atoms with Gasteiger partial charge >= 0.3 is 0 Å². The SMILES string of the molecule is Cc1cncc(NCc2ccc(F)cc2)c1. The third-order valence-corrected chi connectivity index (χ3v) is 2.28. The van der Waals surface area contributed by atoms with E-state index in [1.54, 1.807) is 18.3 Å². The molecule has 2 rings (SSSR count). The number of anilines is 1. The van der Waals surface area contributed by atoms with Gasteiger partial charge < -0.3 is 5.32 Å². The average molecular weight is 216 g/mol. The largest absolute Gasteiger partial charge is 0.380 e. The Morgan fingerprint density at radius 1 is 1.19 bits per heavy atom. The highest BCUT2D eigenvalue weighted by molar-refractivity contribution is 5.43. The van der Waals surface area contributed by atoms with Crippen LogP contribution in [0.5, 0.6) is 0 Å². The van der Waals surface area contributed by atoms with Crippen LogP contribution in [0.3, 0.4) is 0 Å². The molecule has 0 saturated carbocycles. The average Bonchev–Trinajstić information content (AvgIpc) is 2.28. The van der Waals surface area contributed by atoms with Crippen molar-refractivity contribution < 1.29 is 4.39 Å². The third kappa shape index (κ3) is 2.79. The van der Waals surface area contributed by atoms with Crippen molar-refractivity contribution in [3.8, 4) is 0 Å². The first kappa shape index (κ1) is 10.6. The van der Waals surface area contributed by atoms with E-state index in [2.05, 4.69) is 10.3 Å². The highest BCUT2D eigenvalue weighted by Crippen LogP contribution is 2.10. The first-order valence-electron chi connectivity index (χ1n) is 5.14. The van der Waals surface area contributed by atoms with Gasteiger partial charge in [-0.25, -0.2) is 4.39 Å². The Labute approximate surface area is 94.2 Å². The molecule has 1 heterocycles. The predicted molar refractivity (Wildman–Crippen MR) is 62.7 cm³/mol. The molecule has 2 nitrogen and oxygen atoms in total. The fourth-order valence-electron chi connectivity index (χ4n) is 1.46. The lowest BCUT2D eigenvalue weighted by atomic mass is 10.2. The van der Waals surface area contributed by atoms with Crippen molar-refractivity contribution in [1.29, 1.82) is 0 Å². The van der Waals surface area contributed by atoms with Gasteiger partial charge in [-0.3, -0.25) is 4.98 Å². The van der Waals surface area contributed by atoms with Crippen LogP contribution in [0.15, 0.2) is 42.7 Å². The zero-order valence-corrected chi connectivity index (χ0v) is 9.07. The van der Waals surface area contributed by atoms with Gasteiger partial charge in [-0.1, -0.05) is 12.1 Å². The van der Waals surface area contributed by atoms with Crippen LogP contribution in [-0.2, 0) is 6.54 Å². The molecular weight excluding hydrogens is 203 g/mol. The summed E-state index contributed by atoms with van der Waals surface area (Å²) in [6, 6.07) is 8.49. The van der Waals surface area contributed by atoms with Gasteiger partial charge in [0, 0.05) is 18.9 Å². The Bertz CT molecular complexity index is 466. The summed E-state index contributed by atoms with van der Waals surface area (Å²) >= 11 is 0. The number of hydrogen-bond acceptors (Lipinski definition) is 2. The van der Waals surface area contributed by atoms with E-state index >= 15 is 0 Å². The molecule has 1 aromatic carbocycles. The second-order valence-corrected chi connectivity index (χ2v) is 3.73. The van der Waals surface area contributed by atoms with Gasteiger partial charge in [-0.05, 0) is 36.2 Å². The van der Waals surface area contributed by atoms with Crippen LogP contribution in [0.4, 0.5) is 10.1 Å². The minimum atomic E-state index is -0.207. The molecule has 0 fully saturated rings. The van der Waals surface area contributed by atoms with Crippen molar-refractivity contribution in [2.75, 3.05) is 5.32 Å². The number of aromatic nitrogens is 1. The Morgan fingerprint density at radius 3 is 2.62 bits per heavy atom. The first-order chi connectivity index (χ1) is 7.74. The van der Waals surface area contributed by atoms with Crippen molar-refractivity contribution in [2.24, 2.45) is 0 Å². The molecule has 0 aliphatic heterocycles. The molecule has 0 unspecified atom stereocenters. The van der Waals surface area contributed by atoms with Crippen molar-refractivity contribution in [3.05, 3.63) is 59.7 Å². The summed E-state index contributed by atoms with van der Waals surface area (Å²) in [5.41, 5.74) is 3.14. The normalized spacial score (nSPS) is 10.1. The smallest absolute Gasteiger partial charge is 0.123 e. The van der Waals surface area contributed by atoms with E-state index in [9.17, 15) is 4.39 Å². The zero-order valence-electron chi connectivity index (χ0n) is 9.07. The molecule has 0 saturated heterocycles. The molecule has 2 aromatic rings. The van der Waals surface area contributed by atoms with E-state index < -0.39 is 0 Å². The lowest BCUT2D eigenvalue weighted by Gasteiger charge is -2.06. The van der Waals surface area contributed by atoms with Gasteiger partial charge in [0.2, 0.25) is 0 Å². The molecule has 0 radical (unpaired) electrons. The second kappa shape index (κ2) is 4.75. The van der Waals surface area contributed by atoms with E-state index in [0.29, 0.717) is 6.54 Å². The van der Waals surface area contributed by atoms with E-state index in [4.69, 9.17) is 0 Å². The topological polar surface area (TPSA) is 24.9 Å². The summed E-state index contributed by atoms with van der Waals surface area (Å²) in [6.45, 7) is 2.67. The lowest BCUT2D eigenvalue weighted by molar-refractivity contribution is 0.627. The van der Waals surface area contributed by atoms with Crippen LogP contribution in [-0.4, -0.2) is 4.98 Å². The molecule has 0 bridgehead atoms. The van der Waals surface area contributed by atoms with Crippen molar-refractivity contribution in [1.82, 2.24) is 4.98 Å². The number of hydrogen-bond donors (Lipinski definition) is 1. The fraction of sp³-hybridized carbons (Fsp3) is 0.154. The molecule has 82 valence electrons. The molecule has 3 heteroatoms. The van der Waals surface area contributed by atoms with E-state index in [1.807, 2.05) is 19.2 Å². The summed E-state index contributed by atoms with van der Waals surface area (Å²) in [4.78, 5) is 4.09. The summed E-state index contributed by atoms with van der Waals surface area (Å²) in [7, 11) is 0. The minimum Gasteiger partial charge on any atom is -0.380 e. The molecule has 16 heavy (non-hydrogen) atoms. The number of rotatable bonds is 3. The van der Waals surface area contributed by atoms with Gasteiger partial charge in [-0.15, -0.1) is 0 Å². The van der Waals surface area contributed by atoms with Crippen LogP contribution in [0, 0.1) is 12.7 Å². The summed E-state index contributed by atoms with van der Waals surface area (Å²) in [6.07, 6.45) is 3.58. The van der Waals surface area contributed by atoms with Crippen LogP contribution >= 0.6 is 0 Å². The lowest BCUT2D eigenvalue weighted by Crippen LogP contribution is -1.99. The minimum absolute atomic E-state index is 0.207. The highest BCUT2D eigenvalue weighted by Gasteiger charge is 1.95. The number of benzene rings is 1. The van der Waals surface area contributed by atoms with Crippen molar-refractivity contribution in [2.45, 2.75) is 13.5 Å². The summed E-state index contributed by atoms with van der Waals surface area (Å²) in [5.74, 6) is -0.207. The van der Waals surface area contributed by atoms with Crippen LogP contribution in [0.25, 0.3) is 0 Å². The maximum atomic E-state index is 12.7. The van der Waals surface area contributed by atoms with Gasteiger partial charge in [-0.2, -0.15) is 0 Å². The monoisotopic (exact) mass is 216 g/mol. The van der Waals surface area contributed by atoms with E-state index in [0.717, 1.165) is 16.8 Å². The molecule has 0 atom stereocenters. The maximum absolute atomic E-state index is 12.7. The number of pyridine rings is 1. The molecular formula is C13H13FN2. The van der Waals surface area contributed by atoms with E-state index in [1.165, 1.54) is 12.1 Å². The van der Waals surface area contributed by atoms with Crippen molar-refractivity contribution >= 4 is 5.69 Å².